The second-order valence-corrected chi connectivity index (χ2v) is 8.72. The van der Waals surface area contributed by atoms with Crippen molar-refractivity contribution in [3.63, 3.8) is 0 Å². The van der Waals surface area contributed by atoms with Crippen LogP contribution in [0, 0.1) is 5.82 Å². The first-order valence-electron chi connectivity index (χ1n) is 10.5. The van der Waals surface area contributed by atoms with Gasteiger partial charge in [-0.3, -0.25) is 9.78 Å². The molecule has 0 fully saturated rings. The second-order valence-electron chi connectivity index (χ2n) is 8.72. The molecular weight excluding hydrogens is 411 g/mol. The number of aromatic nitrogens is 1. The normalized spacial score (nSPS) is 13.7. The molecule has 0 unspecified atom stereocenters. The number of carbonyl (C=O) groups is 1. The highest BCUT2D eigenvalue weighted by atomic mass is 19.1. The molecule has 168 valence electrons. The minimum Gasteiger partial charge on any atom is -0.505 e. The predicted molar refractivity (Wildman–Crippen MR) is 120 cm³/mol. The van der Waals surface area contributed by atoms with Crippen molar-refractivity contribution >= 4 is 16.8 Å². The van der Waals surface area contributed by atoms with E-state index in [9.17, 15) is 14.3 Å². The van der Waals surface area contributed by atoms with Crippen LogP contribution in [-0.4, -0.2) is 47.3 Å². The molecule has 1 amide bonds. The molecular formula is C25H27FN2O4. The van der Waals surface area contributed by atoms with Crippen LogP contribution in [0.4, 0.5) is 4.39 Å². The Kier molecular flexibility index (Phi) is 5.77. The average molecular weight is 438 g/mol. The van der Waals surface area contributed by atoms with E-state index in [4.69, 9.17) is 9.47 Å². The summed E-state index contributed by atoms with van der Waals surface area (Å²) in [6, 6.07) is 8.22. The van der Waals surface area contributed by atoms with Crippen molar-refractivity contribution in [1.82, 2.24) is 9.88 Å². The summed E-state index contributed by atoms with van der Waals surface area (Å²) < 4.78 is 24.4. The van der Waals surface area contributed by atoms with Crippen LogP contribution in [0.5, 0.6) is 11.5 Å². The number of carbonyl (C=O) groups excluding carboxylic acids is 1. The number of pyridine rings is 1. The molecule has 1 aliphatic rings. The Morgan fingerprint density at radius 1 is 1.19 bits per heavy atom. The Morgan fingerprint density at radius 2 is 1.91 bits per heavy atom. The van der Waals surface area contributed by atoms with Crippen molar-refractivity contribution in [1.29, 1.82) is 0 Å². The van der Waals surface area contributed by atoms with Gasteiger partial charge in [0.2, 0.25) is 0 Å². The molecule has 32 heavy (non-hydrogen) atoms. The van der Waals surface area contributed by atoms with E-state index in [1.165, 1.54) is 12.1 Å². The maximum Gasteiger partial charge on any atom is 0.258 e. The third-order valence-electron chi connectivity index (χ3n) is 6.14. The summed E-state index contributed by atoms with van der Waals surface area (Å²) >= 11 is 0. The van der Waals surface area contributed by atoms with Gasteiger partial charge in [0.1, 0.15) is 17.1 Å². The predicted octanol–water partition coefficient (Wildman–Crippen LogP) is 4.45. The number of phenolic OH excluding ortho intramolecular Hbond substituents is 1. The zero-order chi connectivity index (χ0) is 23.0. The van der Waals surface area contributed by atoms with Gasteiger partial charge in [-0.1, -0.05) is 12.1 Å². The molecule has 4 rings (SSSR count). The first kappa shape index (κ1) is 22.0. The number of hydrogen-bond donors (Lipinski definition) is 1. The summed E-state index contributed by atoms with van der Waals surface area (Å²) in [7, 11) is 3.21. The lowest BCUT2D eigenvalue weighted by Gasteiger charge is -2.26. The Morgan fingerprint density at radius 3 is 2.56 bits per heavy atom. The van der Waals surface area contributed by atoms with Crippen LogP contribution in [0.1, 0.15) is 47.3 Å². The minimum absolute atomic E-state index is 0.123. The van der Waals surface area contributed by atoms with Gasteiger partial charge in [-0.05, 0) is 56.0 Å². The van der Waals surface area contributed by atoms with Crippen LogP contribution in [0.15, 0.2) is 36.5 Å². The molecule has 0 bridgehead atoms. The zero-order valence-electron chi connectivity index (χ0n) is 18.7. The third-order valence-corrected chi connectivity index (χ3v) is 6.14. The lowest BCUT2D eigenvalue weighted by molar-refractivity contribution is 0.00812. The summed E-state index contributed by atoms with van der Waals surface area (Å²) in [5, 5.41) is 11.6. The number of benzene rings is 2. The van der Waals surface area contributed by atoms with Crippen molar-refractivity contribution in [3.8, 4) is 11.5 Å². The van der Waals surface area contributed by atoms with E-state index in [1.807, 2.05) is 19.9 Å². The molecule has 1 aliphatic heterocycles. The number of halogens is 1. The average Bonchev–Trinajstić information content (AvgIpc) is 3.11. The molecule has 6 nitrogen and oxygen atoms in total. The van der Waals surface area contributed by atoms with Gasteiger partial charge in [0, 0.05) is 30.8 Å². The number of hydrogen-bond acceptors (Lipinski definition) is 5. The largest absolute Gasteiger partial charge is 0.505 e. The number of ether oxygens (including phenoxy) is 2. The number of fused-ring (bicyclic) bond motifs is 2. The van der Waals surface area contributed by atoms with Crippen LogP contribution in [0.3, 0.4) is 0 Å². The van der Waals surface area contributed by atoms with Gasteiger partial charge in [-0.15, -0.1) is 0 Å². The van der Waals surface area contributed by atoms with Gasteiger partial charge in [0.15, 0.2) is 5.75 Å². The molecule has 0 saturated carbocycles. The molecule has 0 saturated heterocycles. The van der Waals surface area contributed by atoms with Gasteiger partial charge in [-0.25, -0.2) is 4.39 Å². The van der Waals surface area contributed by atoms with Crippen molar-refractivity contribution in [2.45, 2.75) is 38.8 Å². The van der Waals surface area contributed by atoms with Gasteiger partial charge in [-0.2, -0.15) is 0 Å². The second kappa shape index (κ2) is 8.39. The van der Waals surface area contributed by atoms with E-state index in [1.54, 1.807) is 37.4 Å². The summed E-state index contributed by atoms with van der Waals surface area (Å²) in [5.41, 5.74) is 2.73. The number of rotatable bonds is 7. The van der Waals surface area contributed by atoms with Crippen molar-refractivity contribution in [3.05, 3.63) is 64.6 Å². The molecule has 0 radical (unpaired) electrons. The van der Waals surface area contributed by atoms with Gasteiger partial charge < -0.3 is 19.5 Å². The smallest absolute Gasteiger partial charge is 0.258 e. The molecule has 1 aromatic heterocycles. The zero-order valence-corrected chi connectivity index (χ0v) is 18.7. The monoisotopic (exact) mass is 438 g/mol. The van der Waals surface area contributed by atoms with Crippen molar-refractivity contribution < 1.29 is 23.8 Å². The fraction of sp³-hybridized carbons (Fsp3) is 0.360. The van der Waals surface area contributed by atoms with Crippen LogP contribution in [-0.2, 0) is 17.7 Å². The summed E-state index contributed by atoms with van der Waals surface area (Å²) in [5.74, 6) is -0.0943. The first-order chi connectivity index (χ1) is 15.2. The minimum atomic E-state index is -0.358. The maximum atomic E-state index is 13.2. The van der Waals surface area contributed by atoms with Crippen LogP contribution < -0.4 is 4.74 Å². The van der Waals surface area contributed by atoms with Gasteiger partial charge >= 0.3 is 0 Å². The van der Waals surface area contributed by atoms with Crippen LogP contribution in [0.2, 0.25) is 0 Å². The van der Waals surface area contributed by atoms with E-state index in [-0.39, 0.29) is 28.6 Å². The van der Waals surface area contributed by atoms with Crippen molar-refractivity contribution in [2.75, 3.05) is 20.8 Å². The first-order valence-corrected chi connectivity index (χ1v) is 10.5. The molecule has 2 heterocycles. The van der Waals surface area contributed by atoms with E-state index in [0.29, 0.717) is 48.1 Å². The number of nitrogens with zero attached hydrogens (tertiary/aromatic N) is 2. The Hall–Kier alpha value is -3.19. The lowest BCUT2D eigenvalue weighted by atomic mass is 9.99. The SMILES string of the molecule is COc1c2c(c(O)c3ncc(Cc4ccc(F)cc4)cc13)C(=O)N(CCC(C)(C)OC)C2. The molecule has 0 atom stereocenters. The number of amides is 1. The molecule has 2 aromatic carbocycles. The molecule has 3 aromatic rings. The Bertz CT molecular complexity index is 1180. The molecule has 0 aliphatic carbocycles. The lowest BCUT2D eigenvalue weighted by Crippen LogP contribution is -2.32. The highest BCUT2D eigenvalue weighted by molar-refractivity contribution is 6.08. The summed E-state index contributed by atoms with van der Waals surface area (Å²) in [4.78, 5) is 19.2. The molecule has 7 heteroatoms. The van der Waals surface area contributed by atoms with Gasteiger partial charge in [0.05, 0.1) is 24.8 Å². The summed E-state index contributed by atoms with van der Waals surface area (Å²) in [6.45, 7) is 4.79. The third kappa shape index (κ3) is 4.00. The fourth-order valence-electron chi connectivity index (χ4n) is 4.06. The maximum absolute atomic E-state index is 13.2. The highest BCUT2D eigenvalue weighted by Crippen LogP contribution is 2.44. The highest BCUT2D eigenvalue weighted by Gasteiger charge is 2.36. The quantitative estimate of drug-likeness (QED) is 0.590. The fourth-order valence-corrected chi connectivity index (χ4v) is 4.06. The van der Waals surface area contributed by atoms with E-state index >= 15 is 0 Å². The van der Waals surface area contributed by atoms with Gasteiger partial charge in [0.25, 0.3) is 5.91 Å². The molecule has 0 spiro atoms. The Balaban J connectivity index is 1.71. The van der Waals surface area contributed by atoms with Crippen LogP contribution in [0.25, 0.3) is 10.9 Å². The van der Waals surface area contributed by atoms with Crippen molar-refractivity contribution in [2.24, 2.45) is 0 Å². The van der Waals surface area contributed by atoms with Crippen LogP contribution >= 0.6 is 0 Å². The van der Waals surface area contributed by atoms with E-state index in [2.05, 4.69) is 4.98 Å². The topological polar surface area (TPSA) is 71.9 Å². The van der Waals surface area contributed by atoms with E-state index < -0.39 is 0 Å². The Labute approximate surface area is 186 Å². The van der Waals surface area contributed by atoms with E-state index in [0.717, 1.165) is 11.1 Å². The number of methoxy groups -OCH3 is 2. The number of phenols is 1. The number of aromatic hydroxyl groups is 1. The standard InChI is InChI=1S/C25H27FN2O4/c1-25(2,32-4)9-10-28-14-19-20(24(28)30)22(29)21-18(23(19)31-3)12-16(13-27-21)11-15-5-7-17(26)8-6-15/h5-8,12-13,29H,9-11,14H2,1-4H3. The summed E-state index contributed by atoms with van der Waals surface area (Å²) in [6.07, 6.45) is 2.88. The molecule has 1 N–H and O–H groups in total.